The molecule has 0 radical (unpaired) electrons. The van der Waals surface area contributed by atoms with Gasteiger partial charge in [0.2, 0.25) is 0 Å². The van der Waals surface area contributed by atoms with Crippen molar-refractivity contribution in [1.29, 1.82) is 0 Å². The van der Waals surface area contributed by atoms with Crippen LogP contribution in [0.25, 0.3) is 0 Å². The first-order valence-corrected chi connectivity index (χ1v) is 8.82. The van der Waals surface area contributed by atoms with E-state index in [4.69, 9.17) is 16.4 Å². The Morgan fingerprint density at radius 2 is 1.75 bits per heavy atom. The summed E-state index contributed by atoms with van der Waals surface area (Å²) in [6, 6.07) is 22.3. The van der Waals surface area contributed by atoms with E-state index in [0.29, 0.717) is 0 Å². The molecular formula is C18H14BClN2OS. The molecule has 118 valence electrons. The molecular weight excluding hydrogens is 339 g/mol. The first-order chi connectivity index (χ1) is 11.7. The standard InChI is InChI=1S/C18H14BClN2OS/c1-13-7-9-15(10-8-13)22-18(16-11-12-17(20)24-16)21-23-19(22)14-5-3-2-4-6-14/h2-12H,1H3. The van der Waals surface area contributed by atoms with Gasteiger partial charge in [0.15, 0.2) is 5.84 Å². The highest BCUT2D eigenvalue weighted by atomic mass is 35.5. The molecule has 2 aromatic carbocycles. The van der Waals surface area contributed by atoms with Crippen molar-refractivity contribution in [2.45, 2.75) is 6.92 Å². The predicted octanol–water partition coefficient (Wildman–Crippen LogP) is 4.30. The number of anilines is 1. The summed E-state index contributed by atoms with van der Waals surface area (Å²) >= 11 is 7.61. The van der Waals surface area contributed by atoms with Crippen LogP contribution in [0.4, 0.5) is 5.69 Å². The van der Waals surface area contributed by atoms with Crippen LogP contribution in [0, 0.1) is 6.92 Å². The summed E-state index contributed by atoms with van der Waals surface area (Å²) in [4.78, 5) is 3.09. The topological polar surface area (TPSA) is 24.8 Å². The van der Waals surface area contributed by atoms with Crippen molar-refractivity contribution in [2.75, 3.05) is 4.81 Å². The summed E-state index contributed by atoms with van der Waals surface area (Å²) in [6.45, 7) is 2.08. The average Bonchev–Trinajstić information content (AvgIpc) is 3.22. The van der Waals surface area contributed by atoms with Crippen LogP contribution in [0.5, 0.6) is 0 Å². The van der Waals surface area contributed by atoms with Crippen LogP contribution < -0.4 is 10.3 Å². The number of aryl methyl sites for hydroxylation is 1. The number of amidine groups is 1. The summed E-state index contributed by atoms with van der Waals surface area (Å²) in [5.41, 5.74) is 3.31. The molecule has 0 unspecified atom stereocenters. The summed E-state index contributed by atoms with van der Waals surface area (Å²) < 4.78 is 6.53. The van der Waals surface area contributed by atoms with E-state index >= 15 is 0 Å². The molecule has 0 aliphatic carbocycles. The van der Waals surface area contributed by atoms with Crippen molar-refractivity contribution in [1.82, 2.24) is 0 Å². The van der Waals surface area contributed by atoms with E-state index in [9.17, 15) is 0 Å². The number of benzene rings is 2. The molecule has 1 aliphatic heterocycles. The zero-order valence-corrected chi connectivity index (χ0v) is 14.6. The first kappa shape index (κ1) is 15.3. The van der Waals surface area contributed by atoms with Gasteiger partial charge in [0.05, 0.1) is 9.21 Å². The number of rotatable bonds is 3. The molecule has 2 heterocycles. The molecule has 0 atom stereocenters. The summed E-state index contributed by atoms with van der Waals surface area (Å²) in [6.07, 6.45) is 0. The number of nitrogens with zero attached hydrogens (tertiary/aromatic N) is 2. The van der Waals surface area contributed by atoms with Gasteiger partial charge in [-0.25, -0.2) is 0 Å². The number of halogens is 1. The molecule has 3 nitrogen and oxygen atoms in total. The Labute approximate surface area is 150 Å². The lowest BCUT2D eigenvalue weighted by Gasteiger charge is -2.22. The zero-order valence-electron chi connectivity index (χ0n) is 13.0. The number of hydrogen-bond donors (Lipinski definition) is 0. The van der Waals surface area contributed by atoms with Crippen LogP contribution >= 0.6 is 22.9 Å². The number of oxime groups is 1. The Morgan fingerprint density at radius 3 is 2.42 bits per heavy atom. The Kier molecular flexibility index (Phi) is 4.04. The molecule has 1 aromatic heterocycles. The van der Waals surface area contributed by atoms with Gasteiger partial charge in [-0.3, -0.25) is 0 Å². The van der Waals surface area contributed by atoms with E-state index in [-0.39, 0.29) is 7.05 Å². The maximum atomic E-state index is 6.11. The molecule has 4 rings (SSSR count). The largest absolute Gasteiger partial charge is 0.550 e. The monoisotopic (exact) mass is 352 g/mol. The molecule has 6 heteroatoms. The second-order valence-corrected chi connectivity index (χ2v) is 7.31. The van der Waals surface area contributed by atoms with Crippen molar-refractivity contribution in [3.8, 4) is 0 Å². The highest BCUT2D eigenvalue weighted by molar-refractivity contribution is 7.18. The van der Waals surface area contributed by atoms with Gasteiger partial charge in [0, 0.05) is 5.69 Å². The van der Waals surface area contributed by atoms with Crippen LogP contribution in [0.15, 0.2) is 71.9 Å². The van der Waals surface area contributed by atoms with E-state index in [1.54, 1.807) is 0 Å². The lowest BCUT2D eigenvalue weighted by atomic mass is 9.71. The van der Waals surface area contributed by atoms with Crippen molar-refractivity contribution in [3.63, 3.8) is 0 Å². The van der Waals surface area contributed by atoms with E-state index in [2.05, 4.69) is 41.2 Å². The van der Waals surface area contributed by atoms with Crippen molar-refractivity contribution < 1.29 is 4.76 Å². The zero-order chi connectivity index (χ0) is 16.5. The minimum absolute atomic E-state index is 0.287. The summed E-state index contributed by atoms with van der Waals surface area (Å²) in [5.74, 6) is 0.782. The maximum Gasteiger partial charge on any atom is 0.550 e. The number of thiophene rings is 1. The fourth-order valence-corrected chi connectivity index (χ4v) is 3.71. The smallest absolute Gasteiger partial charge is 0.432 e. The van der Waals surface area contributed by atoms with Crippen molar-refractivity contribution >= 4 is 47.0 Å². The molecule has 0 saturated carbocycles. The number of hydrogen-bond acceptors (Lipinski definition) is 4. The fraction of sp³-hybridized carbons (Fsp3) is 0.0556. The Bertz CT molecular complexity index is 880. The van der Waals surface area contributed by atoms with E-state index in [0.717, 1.165) is 26.2 Å². The Morgan fingerprint density at radius 1 is 1.00 bits per heavy atom. The molecule has 0 fully saturated rings. The third-order valence-electron chi connectivity index (χ3n) is 3.89. The lowest BCUT2D eigenvalue weighted by molar-refractivity contribution is 0.367. The molecule has 0 N–H and O–H groups in total. The highest BCUT2D eigenvalue weighted by Crippen LogP contribution is 2.29. The van der Waals surface area contributed by atoms with Gasteiger partial charge >= 0.3 is 7.05 Å². The molecule has 0 amide bonds. The van der Waals surface area contributed by atoms with Gasteiger partial charge in [0.1, 0.15) is 0 Å². The normalized spacial score (nSPS) is 13.8. The average molecular weight is 353 g/mol. The predicted molar refractivity (Wildman–Crippen MR) is 102 cm³/mol. The Hall–Kier alpha value is -2.24. The minimum atomic E-state index is -0.287. The van der Waals surface area contributed by atoms with E-state index in [1.807, 2.05) is 42.5 Å². The van der Waals surface area contributed by atoms with Gasteiger partial charge in [0.25, 0.3) is 0 Å². The summed E-state index contributed by atoms with van der Waals surface area (Å²) in [5, 5.41) is 4.35. The molecule has 0 saturated heterocycles. The first-order valence-electron chi connectivity index (χ1n) is 7.63. The quantitative estimate of drug-likeness (QED) is 0.656. The SMILES string of the molecule is Cc1ccc(N2B(c3ccccc3)ON=C2c2ccc(Cl)s2)cc1. The third-order valence-corrected chi connectivity index (χ3v) is 5.12. The molecule has 24 heavy (non-hydrogen) atoms. The van der Waals surface area contributed by atoms with Gasteiger partial charge in [-0.05, 0) is 36.7 Å². The van der Waals surface area contributed by atoms with Crippen molar-refractivity contribution in [2.24, 2.45) is 5.16 Å². The molecule has 0 spiro atoms. The fourth-order valence-electron chi connectivity index (χ4n) is 2.69. The lowest BCUT2D eigenvalue weighted by Crippen LogP contribution is -2.48. The van der Waals surface area contributed by atoms with Crippen LogP contribution in [0.2, 0.25) is 4.34 Å². The summed E-state index contributed by atoms with van der Waals surface area (Å²) in [7, 11) is -0.287. The highest BCUT2D eigenvalue weighted by Gasteiger charge is 2.40. The van der Waals surface area contributed by atoms with E-state index in [1.165, 1.54) is 16.9 Å². The Balaban J connectivity index is 1.78. The third kappa shape index (κ3) is 2.81. The second kappa shape index (κ2) is 6.34. The van der Waals surface area contributed by atoms with Crippen LogP contribution in [0.3, 0.4) is 0 Å². The molecule has 3 aromatic rings. The van der Waals surface area contributed by atoms with Gasteiger partial charge in [-0.2, -0.15) is 0 Å². The van der Waals surface area contributed by atoms with Crippen LogP contribution in [0.1, 0.15) is 10.4 Å². The molecule has 1 aliphatic rings. The second-order valence-electron chi connectivity index (χ2n) is 5.59. The van der Waals surface area contributed by atoms with Gasteiger partial charge in [-0.15, -0.1) is 11.3 Å². The van der Waals surface area contributed by atoms with Crippen LogP contribution in [-0.4, -0.2) is 12.9 Å². The van der Waals surface area contributed by atoms with Gasteiger partial charge < -0.3 is 9.57 Å². The van der Waals surface area contributed by atoms with Gasteiger partial charge in [-0.1, -0.05) is 64.8 Å². The minimum Gasteiger partial charge on any atom is -0.432 e. The van der Waals surface area contributed by atoms with E-state index < -0.39 is 0 Å². The van der Waals surface area contributed by atoms with Crippen LogP contribution in [-0.2, 0) is 4.76 Å². The van der Waals surface area contributed by atoms with Crippen molar-refractivity contribution in [3.05, 3.63) is 81.5 Å². The molecule has 0 bridgehead atoms. The maximum absolute atomic E-state index is 6.11.